The number of nitrogens with one attached hydrogen (secondary N) is 1. The number of carbonyl (C=O) groups excluding carboxylic acids is 2. The summed E-state index contributed by atoms with van der Waals surface area (Å²) in [7, 11) is 0. The van der Waals surface area contributed by atoms with Crippen LogP contribution in [0.5, 0.6) is 0 Å². The van der Waals surface area contributed by atoms with Crippen LogP contribution >= 0.6 is 0 Å². The number of rotatable bonds is 7. The molecule has 1 amide bonds. The molecule has 0 aliphatic heterocycles. The highest BCUT2D eigenvalue weighted by Gasteiger charge is 2.26. The fraction of sp³-hybridized carbons (Fsp3) is 0.375. The second-order valence-electron chi connectivity index (χ2n) is 4.55. The number of aromatic nitrogens is 1. The number of nitrogens with zero attached hydrogens (tertiary/aromatic N) is 1. The van der Waals surface area contributed by atoms with E-state index in [1.807, 2.05) is 6.92 Å². The zero-order chi connectivity index (χ0) is 16.0. The summed E-state index contributed by atoms with van der Waals surface area (Å²) in [6.45, 7) is 13.7. The smallest absolute Gasteiger partial charge is 0.355 e. The van der Waals surface area contributed by atoms with Crippen LogP contribution in [-0.2, 0) is 11.3 Å². The number of esters is 1. The summed E-state index contributed by atoms with van der Waals surface area (Å²) in [6, 6.07) is 0. The van der Waals surface area contributed by atoms with Gasteiger partial charge < -0.3 is 14.6 Å². The standard InChI is InChI=1S/C16H22N2O3/c1-6-9-17-15(19)13-11(4)14(16(20)21-8-3)18(10-7-2)12(13)5/h6-7H,1-2,8-10H2,3-5H3,(H,17,19). The highest BCUT2D eigenvalue weighted by molar-refractivity contribution is 6.01. The fourth-order valence-corrected chi connectivity index (χ4v) is 2.30. The van der Waals surface area contributed by atoms with Gasteiger partial charge in [0.1, 0.15) is 5.69 Å². The maximum absolute atomic E-state index is 12.2. The molecule has 1 N–H and O–H groups in total. The lowest BCUT2D eigenvalue weighted by molar-refractivity contribution is 0.0513. The maximum atomic E-state index is 12.2. The Labute approximate surface area is 125 Å². The molecule has 5 nitrogen and oxygen atoms in total. The van der Waals surface area contributed by atoms with Crippen molar-refractivity contribution < 1.29 is 14.3 Å². The monoisotopic (exact) mass is 290 g/mol. The molecule has 1 rings (SSSR count). The van der Waals surface area contributed by atoms with Crippen molar-refractivity contribution in [1.82, 2.24) is 9.88 Å². The predicted octanol–water partition coefficient (Wildman–Crippen LogP) is 2.38. The third-order valence-corrected chi connectivity index (χ3v) is 3.18. The van der Waals surface area contributed by atoms with Gasteiger partial charge in [0.05, 0.1) is 12.2 Å². The van der Waals surface area contributed by atoms with E-state index < -0.39 is 5.97 Å². The lowest BCUT2D eigenvalue weighted by Gasteiger charge is -2.08. The summed E-state index contributed by atoms with van der Waals surface area (Å²) >= 11 is 0. The summed E-state index contributed by atoms with van der Waals surface area (Å²) < 4.78 is 6.84. The van der Waals surface area contributed by atoms with Gasteiger partial charge in [0, 0.05) is 18.8 Å². The van der Waals surface area contributed by atoms with Crippen molar-refractivity contribution in [3.05, 3.63) is 47.8 Å². The summed E-state index contributed by atoms with van der Waals surface area (Å²) in [5, 5.41) is 2.74. The Morgan fingerprint density at radius 3 is 2.48 bits per heavy atom. The molecule has 1 aromatic heterocycles. The molecule has 0 aliphatic rings. The summed E-state index contributed by atoms with van der Waals surface area (Å²) in [5.41, 5.74) is 2.24. The minimum absolute atomic E-state index is 0.224. The molecule has 0 atom stereocenters. The Balaban J connectivity index is 3.36. The van der Waals surface area contributed by atoms with E-state index in [0.29, 0.717) is 29.9 Å². The highest BCUT2D eigenvalue weighted by Crippen LogP contribution is 2.23. The first kappa shape index (κ1) is 16.8. The van der Waals surface area contributed by atoms with Crippen LogP contribution in [0.15, 0.2) is 25.3 Å². The van der Waals surface area contributed by atoms with E-state index in [1.54, 1.807) is 30.6 Å². The van der Waals surface area contributed by atoms with Gasteiger partial charge in [-0.15, -0.1) is 13.2 Å². The molecule has 0 aliphatic carbocycles. The fourth-order valence-electron chi connectivity index (χ4n) is 2.30. The molecule has 1 aromatic rings. The number of hydrogen-bond acceptors (Lipinski definition) is 3. The highest BCUT2D eigenvalue weighted by atomic mass is 16.5. The van der Waals surface area contributed by atoms with Gasteiger partial charge in [-0.1, -0.05) is 12.2 Å². The Kier molecular flexibility index (Phi) is 5.96. The van der Waals surface area contributed by atoms with Gasteiger partial charge in [-0.2, -0.15) is 0 Å². The van der Waals surface area contributed by atoms with Gasteiger partial charge in [-0.3, -0.25) is 4.79 Å². The van der Waals surface area contributed by atoms with Crippen molar-refractivity contribution in [2.24, 2.45) is 0 Å². The van der Waals surface area contributed by atoms with Gasteiger partial charge in [-0.25, -0.2) is 4.79 Å². The molecular weight excluding hydrogens is 268 g/mol. The average Bonchev–Trinajstić information content (AvgIpc) is 2.68. The molecule has 0 fully saturated rings. The average molecular weight is 290 g/mol. The van der Waals surface area contributed by atoms with Crippen LogP contribution in [-0.4, -0.2) is 29.6 Å². The van der Waals surface area contributed by atoms with Crippen molar-refractivity contribution in [2.45, 2.75) is 27.3 Å². The third kappa shape index (κ3) is 3.42. The SMILES string of the molecule is C=CCNC(=O)c1c(C)c(C(=O)OCC)n(CC=C)c1C. The molecule has 0 bridgehead atoms. The third-order valence-electron chi connectivity index (χ3n) is 3.18. The van der Waals surface area contributed by atoms with Crippen LogP contribution in [0.2, 0.25) is 0 Å². The molecule has 0 spiro atoms. The van der Waals surface area contributed by atoms with Crippen LogP contribution in [0.4, 0.5) is 0 Å². The van der Waals surface area contributed by atoms with E-state index >= 15 is 0 Å². The van der Waals surface area contributed by atoms with Crippen molar-refractivity contribution in [2.75, 3.05) is 13.2 Å². The van der Waals surface area contributed by atoms with E-state index in [9.17, 15) is 9.59 Å². The van der Waals surface area contributed by atoms with E-state index in [2.05, 4.69) is 18.5 Å². The molecule has 5 heteroatoms. The number of hydrogen-bond donors (Lipinski definition) is 1. The lowest BCUT2D eigenvalue weighted by atomic mass is 10.1. The normalized spacial score (nSPS) is 10.0. The van der Waals surface area contributed by atoms with Crippen molar-refractivity contribution in [3.63, 3.8) is 0 Å². The Bertz CT molecular complexity index is 571. The summed E-state index contributed by atoms with van der Waals surface area (Å²) in [4.78, 5) is 24.4. The Morgan fingerprint density at radius 2 is 1.95 bits per heavy atom. The molecule has 0 unspecified atom stereocenters. The quantitative estimate of drug-likeness (QED) is 0.619. The zero-order valence-corrected chi connectivity index (χ0v) is 12.9. The van der Waals surface area contributed by atoms with Crippen LogP contribution in [0, 0.1) is 13.8 Å². The van der Waals surface area contributed by atoms with Crippen LogP contribution in [0.1, 0.15) is 39.0 Å². The van der Waals surface area contributed by atoms with Gasteiger partial charge in [0.15, 0.2) is 0 Å². The number of amides is 1. The summed E-state index contributed by atoms with van der Waals surface area (Å²) in [6.07, 6.45) is 3.29. The number of allylic oxidation sites excluding steroid dienone is 1. The predicted molar refractivity (Wildman–Crippen MR) is 82.6 cm³/mol. The second kappa shape index (κ2) is 7.47. The molecule has 1 heterocycles. The molecular formula is C16H22N2O3. The van der Waals surface area contributed by atoms with E-state index in [0.717, 1.165) is 5.69 Å². The van der Waals surface area contributed by atoms with Crippen LogP contribution < -0.4 is 5.32 Å². The molecule has 21 heavy (non-hydrogen) atoms. The molecule has 0 saturated carbocycles. The molecule has 0 radical (unpaired) electrons. The Morgan fingerprint density at radius 1 is 1.29 bits per heavy atom. The van der Waals surface area contributed by atoms with Crippen molar-refractivity contribution in [3.8, 4) is 0 Å². The molecule has 0 saturated heterocycles. The van der Waals surface area contributed by atoms with Crippen molar-refractivity contribution >= 4 is 11.9 Å². The topological polar surface area (TPSA) is 60.3 Å². The van der Waals surface area contributed by atoms with E-state index in [1.165, 1.54) is 0 Å². The number of ether oxygens (including phenoxy) is 1. The minimum atomic E-state index is -0.428. The lowest BCUT2D eigenvalue weighted by Crippen LogP contribution is -2.24. The van der Waals surface area contributed by atoms with E-state index in [4.69, 9.17) is 4.74 Å². The van der Waals surface area contributed by atoms with Crippen molar-refractivity contribution in [1.29, 1.82) is 0 Å². The first-order valence-corrected chi connectivity index (χ1v) is 6.86. The maximum Gasteiger partial charge on any atom is 0.355 e. The molecule has 114 valence electrons. The first-order chi connectivity index (χ1) is 9.99. The summed E-state index contributed by atoms with van der Waals surface area (Å²) in [5.74, 6) is -0.652. The van der Waals surface area contributed by atoms with Crippen LogP contribution in [0.3, 0.4) is 0 Å². The Hall–Kier alpha value is -2.30. The van der Waals surface area contributed by atoms with Crippen LogP contribution in [0.25, 0.3) is 0 Å². The van der Waals surface area contributed by atoms with Gasteiger partial charge in [-0.05, 0) is 26.3 Å². The second-order valence-corrected chi connectivity index (χ2v) is 4.55. The first-order valence-electron chi connectivity index (χ1n) is 6.86. The van der Waals surface area contributed by atoms with E-state index in [-0.39, 0.29) is 12.5 Å². The van der Waals surface area contributed by atoms with Gasteiger partial charge in [0.2, 0.25) is 0 Å². The largest absolute Gasteiger partial charge is 0.461 e. The zero-order valence-electron chi connectivity index (χ0n) is 12.9. The van der Waals surface area contributed by atoms with Gasteiger partial charge >= 0.3 is 5.97 Å². The number of carbonyl (C=O) groups is 2. The minimum Gasteiger partial charge on any atom is -0.461 e. The van der Waals surface area contributed by atoms with Gasteiger partial charge in [0.25, 0.3) is 5.91 Å². The molecule has 0 aromatic carbocycles.